The van der Waals surface area contributed by atoms with Crippen LogP contribution in [0.5, 0.6) is 17.2 Å². The first kappa shape index (κ1) is 22.2. The molecule has 1 aromatic carbocycles. The zero-order chi connectivity index (χ0) is 22.9. The third-order valence-corrected chi connectivity index (χ3v) is 6.53. The first-order chi connectivity index (χ1) is 15.4. The van der Waals surface area contributed by atoms with Gasteiger partial charge in [0.1, 0.15) is 5.76 Å². The van der Waals surface area contributed by atoms with E-state index in [9.17, 15) is 14.7 Å². The highest BCUT2D eigenvalue weighted by Gasteiger charge is 2.42. The van der Waals surface area contributed by atoms with E-state index in [-0.39, 0.29) is 24.1 Å². The van der Waals surface area contributed by atoms with Gasteiger partial charge in [-0.2, -0.15) is 0 Å². The molecule has 4 rings (SSSR count). The number of aromatic hydroxyl groups is 1. The van der Waals surface area contributed by atoms with Crippen molar-refractivity contribution in [3.8, 4) is 17.2 Å². The maximum absolute atomic E-state index is 13.2. The molecule has 8 heteroatoms. The second kappa shape index (κ2) is 8.86. The summed E-state index contributed by atoms with van der Waals surface area (Å²) in [7, 11) is 3.19. The lowest BCUT2D eigenvalue weighted by molar-refractivity contribution is -0.124. The van der Waals surface area contributed by atoms with Crippen LogP contribution in [-0.4, -0.2) is 38.4 Å². The van der Waals surface area contributed by atoms with Crippen molar-refractivity contribution in [3.63, 3.8) is 0 Å². The van der Waals surface area contributed by atoms with Crippen molar-refractivity contribution in [3.05, 3.63) is 51.1 Å². The fourth-order valence-electron chi connectivity index (χ4n) is 4.84. The summed E-state index contributed by atoms with van der Waals surface area (Å²) in [6.45, 7) is 2.51. The van der Waals surface area contributed by atoms with Gasteiger partial charge in [-0.3, -0.25) is 9.59 Å². The molecule has 2 aliphatic rings. The zero-order valence-electron chi connectivity index (χ0n) is 18.7. The van der Waals surface area contributed by atoms with Crippen molar-refractivity contribution in [1.29, 1.82) is 0 Å². The molecule has 1 atom stereocenters. The summed E-state index contributed by atoms with van der Waals surface area (Å²) < 4.78 is 22.1. The first-order valence-electron chi connectivity index (χ1n) is 10.8. The SMILES string of the molecule is COc1cc2c(cc1OC)C(NC(=O)CC1(c3oc(C)cc(=O)c3O)CCOCC1)CC2. The van der Waals surface area contributed by atoms with Gasteiger partial charge in [0.15, 0.2) is 17.3 Å². The molecule has 8 nitrogen and oxygen atoms in total. The number of benzene rings is 1. The Balaban J connectivity index is 1.59. The lowest BCUT2D eigenvalue weighted by Crippen LogP contribution is -2.40. The van der Waals surface area contributed by atoms with Gasteiger partial charge in [0.05, 0.1) is 20.3 Å². The van der Waals surface area contributed by atoms with Gasteiger partial charge in [-0.25, -0.2) is 0 Å². The van der Waals surface area contributed by atoms with Gasteiger partial charge in [-0.15, -0.1) is 0 Å². The Labute approximate surface area is 186 Å². The minimum atomic E-state index is -0.795. The average Bonchev–Trinajstić information content (AvgIpc) is 3.16. The number of methoxy groups -OCH3 is 2. The third kappa shape index (κ3) is 4.07. The Bertz CT molecular complexity index is 1070. The predicted molar refractivity (Wildman–Crippen MR) is 116 cm³/mol. The summed E-state index contributed by atoms with van der Waals surface area (Å²) in [6.07, 6.45) is 2.65. The highest BCUT2D eigenvalue weighted by Crippen LogP contribution is 2.43. The van der Waals surface area contributed by atoms with E-state index >= 15 is 0 Å². The quantitative estimate of drug-likeness (QED) is 0.707. The van der Waals surface area contributed by atoms with Crippen LogP contribution in [0.2, 0.25) is 0 Å². The van der Waals surface area contributed by atoms with E-state index in [1.54, 1.807) is 21.1 Å². The van der Waals surface area contributed by atoms with Gasteiger partial charge in [0.25, 0.3) is 0 Å². The summed E-state index contributed by atoms with van der Waals surface area (Å²) in [5.41, 5.74) is 0.843. The number of hydrogen-bond donors (Lipinski definition) is 2. The number of rotatable bonds is 6. The van der Waals surface area contributed by atoms with E-state index in [2.05, 4.69) is 5.32 Å². The van der Waals surface area contributed by atoms with Crippen molar-refractivity contribution in [2.45, 2.75) is 50.5 Å². The fourth-order valence-corrected chi connectivity index (χ4v) is 4.84. The van der Waals surface area contributed by atoms with Gasteiger partial charge in [-0.05, 0) is 55.9 Å². The second-order valence-electron chi connectivity index (χ2n) is 8.53. The van der Waals surface area contributed by atoms with Gasteiger partial charge < -0.3 is 29.1 Å². The summed E-state index contributed by atoms with van der Waals surface area (Å²) >= 11 is 0. The Kier molecular flexibility index (Phi) is 6.15. The van der Waals surface area contributed by atoms with E-state index in [0.717, 1.165) is 24.0 Å². The number of carbonyl (C=O) groups is 1. The molecule has 1 aromatic heterocycles. The lowest BCUT2D eigenvalue weighted by Gasteiger charge is -2.36. The number of carbonyl (C=O) groups excluding carboxylic acids is 1. The Morgan fingerprint density at radius 3 is 2.56 bits per heavy atom. The van der Waals surface area contributed by atoms with E-state index < -0.39 is 16.6 Å². The zero-order valence-corrected chi connectivity index (χ0v) is 18.7. The molecule has 0 radical (unpaired) electrons. The van der Waals surface area contributed by atoms with Crippen LogP contribution in [0.15, 0.2) is 27.4 Å². The Hall–Kier alpha value is -3.00. The molecule has 2 aromatic rings. The minimum Gasteiger partial charge on any atom is -0.502 e. The number of fused-ring (bicyclic) bond motifs is 1. The molecule has 1 amide bonds. The maximum atomic E-state index is 13.2. The molecule has 172 valence electrons. The van der Waals surface area contributed by atoms with E-state index in [1.165, 1.54) is 6.07 Å². The van der Waals surface area contributed by atoms with Crippen molar-refractivity contribution in [2.75, 3.05) is 27.4 Å². The van der Waals surface area contributed by atoms with Crippen molar-refractivity contribution < 1.29 is 28.5 Å². The average molecular weight is 443 g/mol. The summed E-state index contributed by atoms with van der Waals surface area (Å²) in [5, 5.41) is 13.6. The molecular formula is C24H29NO7. The molecule has 1 aliphatic heterocycles. The van der Waals surface area contributed by atoms with E-state index in [4.69, 9.17) is 18.6 Å². The summed E-state index contributed by atoms with van der Waals surface area (Å²) in [6, 6.07) is 4.98. The molecule has 0 saturated carbocycles. The van der Waals surface area contributed by atoms with Gasteiger partial charge in [-0.1, -0.05) is 0 Å². The maximum Gasteiger partial charge on any atom is 0.227 e. The highest BCUT2D eigenvalue weighted by atomic mass is 16.5. The topological polar surface area (TPSA) is 107 Å². The Morgan fingerprint density at radius 2 is 1.88 bits per heavy atom. The van der Waals surface area contributed by atoms with Crippen LogP contribution in [0, 0.1) is 6.92 Å². The monoisotopic (exact) mass is 443 g/mol. The normalized spacial score (nSPS) is 19.3. The van der Waals surface area contributed by atoms with Gasteiger partial charge in [0, 0.05) is 31.1 Å². The standard InChI is InChI=1S/C24H29NO7/c1-14-10-18(26)22(28)23(32-14)24(6-8-31-9-7-24)13-21(27)25-17-5-4-15-11-19(29-2)20(30-3)12-16(15)17/h10-12,17,28H,4-9,13H2,1-3H3,(H,25,27). The summed E-state index contributed by atoms with van der Waals surface area (Å²) in [5.74, 6) is 1.29. The number of hydrogen-bond acceptors (Lipinski definition) is 7. The number of nitrogens with one attached hydrogen (secondary N) is 1. The van der Waals surface area contributed by atoms with Crippen LogP contribution in [0.1, 0.15) is 54.4 Å². The lowest BCUT2D eigenvalue weighted by atomic mass is 9.74. The third-order valence-electron chi connectivity index (χ3n) is 6.53. The van der Waals surface area contributed by atoms with Crippen LogP contribution in [-0.2, 0) is 21.4 Å². The van der Waals surface area contributed by atoms with Crippen LogP contribution in [0.25, 0.3) is 0 Å². The molecule has 2 N–H and O–H groups in total. The molecule has 0 bridgehead atoms. The predicted octanol–water partition coefficient (Wildman–Crippen LogP) is 2.91. The second-order valence-corrected chi connectivity index (χ2v) is 8.53. The molecule has 1 unspecified atom stereocenters. The minimum absolute atomic E-state index is 0.0927. The molecule has 1 saturated heterocycles. The first-order valence-corrected chi connectivity index (χ1v) is 10.8. The molecule has 2 heterocycles. The van der Waals surface area contributed by atoms with E-state index in [0.29, 0.717) is 43.3 Å². The summed E-state index contributed by atoms with van der Waals surface area (Å²) in [4.78, 5) is 25.4. The van der Waals surface area contributed by atoms with Crippen LogP contribution in [0.3, 0.4) is 0 Å². The van der Waals surface area contributed by atoms with Crippen molar-refractivity contribution in [2.24, 2.45) is 0 Å². The number of aryl methyl sites for hydroxylation is 2. The van der Waals surface area contributed by atoms with Crippen molar-refractivity contribution in [1.82, 2.24) is 5.32 Å². The molecule has 1 aliphatic carbocycles. The number of ether oxygens (including phenoxy) is 3. The molecule has 0 spiro atoms. The van der Waals surface area contributed by atoms with Crippen LogP contribution >= 0.6 is 0 Å². The van der Waals surface area contributed by atoms with E-state index in [1.807, 2.05) is 12.1 Å². The molecular weight excluding hydrogens is 414 g/mol. The largest absolute Gasteiger partial charge is 0.502 e. The fraction of sp³-hybridized carbons (Fsp3) is 0.500. The van der Waals surface area contributed by atoms with Crippen LogP contribution < -0.4 is 20.2 Å². The van der Waals surface area contributed by atoms with Gasteiger partial charge >= 0.3 is 0 Å². The number of amides is 1. The van der Waals surface area contributed by atoms with Gasteiger partial charge in [0.2, 0.25) is 17.1 Å². The molecule has 1 fully saturated rings. The van der Waals surface area contributed by atoms with Crippen LogP contribution in [0.4, 0.5) is 0 Å². The van der Waals surface area contributed by atoms with Crippen molar-refractivity contribution >= 4 is 5.91 Å². The molecule has 32 heavy (non-hydrogen) atoms. The Morgan fingerprint density at radius 1 is 1.19 bits per heavy atom. The smallest absolute Gasteiger partial charge is 0.227 e. The highest BCUT2D eigenvalue weighted by molar-refractivity contribution is 5.78.